The molecule has 0 rings (SSSR count). The van der Waals surface area contributed by atoms with Gasteiger partial charge in [0.2, 0.25) is 0 Å². The van der Waals surface area contributed by atoms with Crippen molar-refractivity contribution in [2.45, 2.75) is 39.7 Å². The molecule has 0 fully saturated rings. The molecule has 76 valence electrons. The van der Waals surface area contributed by atoms with Gasteiger partial charge in [0.1, 0.15) is 5.78 Å². The molecule has 0 amide bonds. The largest absolute Gasteiger partial charge is 0.479 e. The molecule has 0 radical (unpaired) electrons. The molecule has 0 aromatic rings. The lowest BCUT2D eigenvalue weighted by atomic mass is 9.84. The van der Waals surface area contributed by atoms with E-state index in [1.165, 1.54) is 0 Å². The number of Topliss-reactive ketones (excluding diaryl/α,β-unsaturated/α-hetero) is 1. The topological polar surface area (TPSA) is 74.6 Å². The summed E-state index contributed by atoms with van der Waals surface area (Å²) in [5, 5.41) is 17.9. The van der Waals surface area contributed by atoms with Crippen LogP contribution in [0.1, 0.15) is 34.1 Å². The molecule has 13 heavy (non-hydrogen) atoms. The standard InChI is InChI=1S/C9H16O4/c1-8(2,3)6(10)5-9(4,13)7(11)12/h13H,5H2,1-4H3,(H,11,12)/t9-/m0/s1. The van der Waals surface area contributed by atoms with Gasteiger partial charge in [-0.05, 0) is 6.92 Å². The van der Waals surface area contributed by atoms with Crippen LogP contribution in [-0.2, 0) is 9.59 Å². The molecular formula is C9H16O4. The van der Waals surface area contributed by atoms with Gasteiger partial charge in [-0.3, -0.25) is 4.79 Å². The summed E-state index contributed by atoms with van der Waals surface area (Å²) >= 11 is 0. The van der Waals surface area contributed by atoms with Crippen molar-refractivity contribution < 1.29 is 19.8 Å². The second-order valence-electron chi connectivity index (χ2n) is 4.43. The van der Waals surface area contributed by atoms with Gasteiger partial charge in [0.15, 0.2) is 5.60 Å². The summed E-state index contributed by atoms with van der Waals surface area (Å²) in [6.45, 7) is 6.19. The Kier molecular flexibility index (Phi) is 3.22. The average Bonchev–Trinajstić information content (AvgIpc) is 1.83. The van der Waals surface area contributed by atoms with Crippen LogP contribution in [0.2, 0.25) is 0 Å². The minimum Gasteiger partial charge on any atom is -0.479 e. The number of carbonyl (C=O) groups is 2. The smallest absolute Gasteiger partial charge is 0.335 e. The number of hydrogen-bond donors (Lipinski definition) is 2. The molecule has 0 aliphatic rings. The highest BCUT2D eigenvalue weighted by atomic mass is 16.4. The van der Waals surface area contributed by atoms with Crippen LogP contribution in [0.15, 0.2) is 0 Å². The Bertz CT molecular complexity index is 222. The highest BCUT2D eigenvalue weighted by molar-refractivity contribution is 5.90. The van der Waals surface area contributed by atoms with Gasteiger partial charge in [-0.15, -0.1) is 0 Å². The predicted molar refractivity (Wildman–Crippen MR) is 47.3 cm³/mol. The Morgan fingerprint density at radius 1 is 1.15 bits per heavy atom. The molecule has 4 heteroatoms. The maximum Gasteiger partial charge on any atom is 0.335 e. The number of carbonyl (C=O) groups excluding carboxylic acids is 1. The quantitative estimate of drug-likeness (QED) is 0.687. The van der Waals surface area contributed by atoms with Crippen LogP contribution in [-0.4, -0.2) is 27.6 Å². The fourth-order valence-electron chi connectivity index (χ4n) is 0.653. The number of rotatable bonds is 3. The minimum atomic E-state index is -1.95. The van der Waals surface area contributed by atoms with Gasteiger partial charge in [-0.25, -0.2) is 4.79 Å². The monoisotopic (exact) mass is 188 g/mol. The van der Waals surface area contributed by atoms with E-state index < -0.39 is 17.0 Å². The summed E-state index contributed by atoms with van der Waals surface area (Å²) in [5.41, 5.74) is -2.57. The molecule has 0 aromatic heterocycles. The van der Waals surface area contributed by atoms with Gasteiger partial charge < -0.3 is 10.2 Å². The Labute approximate surface area is 77.6 Å². The molecule has 2 N–H and O–H groups in total. The van der Waals surface area contributed by atoms with E-state index in [2.05, 4.69) is 0 Å². The summed E-state index contributed by atoms with van der Waals surface area (Å²) in [7, 11) is 0. The molecule has 1 atom stereocenters. The van der Waals surface area contributed by atoms with E-state index in [0.717, 1.165) is 6.92 Å². The Hall–Kier alpha value is -0.900. The Balaban J connectivity index is 4.47. The molecule has 4 nitrogen and oxygen atoms in total. The molecule has 0 aliphatic heterocycles. The van der Waals surface area contributed by atoms with Crippen molar-refractivity contribution in [3.8, 4) is 0 Å². The lowest BCUT2D eigenvalue weighted by Crippen LogP contribution is -2.40. The summed E-state index contributed by atoms with van der Waals surface area (Å²) in [6, 6.07) is 0. The van der Waals surface area contributed by atoms with Gasteiger partial charge in [0, 0.05) is 11.8 Å². The first kappa shape index (κ1) is 12.1. The molecule has 0 saturated carbocycles. The van der Waals surface area contributed by atoms with Gasteiger partial charge in [-0.1, -0.05) is 20.8 Å². The first-order valence-corrected chi connectivity index (χ1v) is 4.06. The first-order chi connectivity index (χ1) is 5.57. The van der Waals surface area contributed by atoms with Crippen molar-refractivity contribution in [2.75, 3.05) is 0 Å². The van der Waals surface area contributed by atoms with Crippen molar-refractivity contribution in [1.82, 2.24) is 0 Å². The summed E-state index contributed by atoms with van der Waals surface area (Å²) in [5.74, 6) is -1.63. The highest BCUT2D eigenvalue weighted by Crippen LogP contribution is 2.21. The maximum atomic E-state index is 11.4. The van der Waals surface area contributed by atoms with E-state index in [-0.39, 0.29) is 12.2 Å². The van der Waals surface area contributed by atoms with Crippen molar-refractivity contribution in [1.29, 1.82) is 0 Å². The van der Waals surface area contributed by atoms with E-state index in [0.29, 0.717) is 0 Å². The van der Waals surface area contributed by atoms with Crippen LogP contribution in [0.4, 0.5) is 0 Å². The highest BCUT2D eigenvalue weighted by Gasteiger charge is 2.36. The third kappa shape index (κ3) is 3.55. The first-order valence-electron chi connectivity index (χ1n) is 4.06. The maximum absolute atomic E-state index is 11.4. The van der Waals surface area contributed by atoms with E-state index in [9.17, 15) is 14.7 Å². The molecule has 0 aliphatic carbocycles. The van der Waals surface area contributed by atoms with E-state index >= 15 is 0 Å². The molecule has 0 saturated heterocycles. The van der Waals surface area contributed by atoms with Crippen molar-refractivity contribution in [2.24, 2.45) is 5.41 Å². The van der Waals surface area contributed by atoms with Crippen molar-refractivity contribution >= 4 is 11.8 Å². The molecule has 0 heterocycles. The fourth-order valence-corrected chi connectivity index (χ4v) is 0.653. The normalized spacial score (nSPS) is 16.4. The third-order valence-electron chi connectivity index (χ3n) is 1.80. The van der Waals surface area contributed by atoms with Crippen LogP contribution >= 0.6 is 0 Å². The lowest BCUT2D eigenvalue weighted by Gasteiger charge is -2.22. The zero-order valence-electron chi connectivity index (χ0n) is 8.42. The number of carboxylic acid groups (broad SMARTS) is 1. The average molecular weight is 188 g/mol. The summed E-state index contributed by atoms with van der Waals surface area (Å²) in [4.78, 5) is 21.8. The van der Waals surface area contributed by atoms with Crippen molar-refractivity contribution in [3.05, 3.63) is 0 Å². The second kappa shape index (κ2) is 3.46. The number of aliphatic carboxylic acids is 1. The molecule has 0 aromatic carbocycles. The second-order valence-corrected chi connectivity index (χ2v) is 4.43. The minimum absolute atomic E-state index is 0.264. The van der Waals surface area contributed by atoms with Crippen LogP contribution in [0.3, 0.4) is 0 Å². The predicted octanol–water partition coefficient (Wildman–Crippen LogP) is 0.827. The molecular weight excluding hydrogens is 172 g/mol. The zero-order chi connectivity index (χ0) is 10.9. The Morgan fingerprint density at radius 3 is 1.77 bits per heavy atom. The van der Waals surface area contributed by atoms with Crippen molar-refractivity contribution in [3.63, 3.8) is 0 Å². The van der Waals surface area contributed by atoms with Gasteiger partial charge >= 0.3 is 5.97 Å². The number of aliphatic hydroxyl groups is 1. The van der Waals surface area contributed by atoms with Crippen LogP contribution in [0.25, 0.3) is 0 Å². The SMILES string of the molecule is CC(C)(C)C(=O)C[C@](C)(O)C(=O)O. The number of hydrogen-bond acceptors (Lipinski definition) is 3. The number of ketones is 1. The van der Waals surface area contributed by atoms with Gasteiger partial charge in [0.25, 0.3) is 0 Å². The molecule has 0 unspecified atom stereocenters. The van der Waals surface area contributed by atoms with Crippen LogP contribution in [0, 0.1) is 5.41 Å². The zero-order valence-corrected chi connectivity index (χ0v) is 8.42. The number of carboxylic acids is 1. The summed E-state index contributed by atoms with van der Waals surface area (Å²) in [6.07, 6.45) is -0.355. The molecule has 0 bridgehead atoms. The Morgan fingerprint density at radius 2 is 1.54 bits per heavy atom. The van der Waals surface area contributed by atoms with E-state index in [1.54, 1.807) is 20.8 Å². The van der Waals surface area contributed by atoms with Gasteiger partial charge in [-0.2, -0.15) is 0 Å². The fraction of sp³-hybridized carbons (Fsp3) is 0.778. The van der Waals surface area contributed by atoms with Crippen LogP contribution < -0.4 is 0 Å². The van der Waals surface area contributed by atoms with Crippen LogP contribution in [0.5, 0.6) is 0 Å². The lowest BCUT2D eigenvalue weighted by molar-refractivity contribution is -0.160. The molecule has 0 spiro atoms. The van der Waals surface area contributed by atoms with E-state index in [1.807, 2.05) is 0 Å². The van der Waals surface area contributed by atoms with Gasteiger partial charge in [0.05, 0.1) is 0 Å². The summed E-state index contributed by atoms with van der Waals surface area (Å²) < 4.78 is 0. The third-order valence-corrected chi connectivity index (χ3v) is 1.80. The van der Waals surface area contributed by atoms with E-state index in [4.69, 9.17) is 5.11 Å².